The average molecular weight is 374 g/mol. The molecule has 112 valence electrons. The number of nitrogens with one attached hydrogen (secondary N) is 1. The summed E-state index contributed by atoms with van der Waals surface area (Å²) in [6.07, 6.45) is -5.17. The molecule has 0 unspecified atom stereocenters. The van der Waals surface area contributed by atoms with Gasteiger partial charge >= 0.3 is 6.18 Å². The van der Waals surface area contributed by atoms with Gasteiger partial charge in [0.2, 0.25) is 10.0 Å². The first-order chi connectivity index (χ1) is 9.11. The second kappa shape index (κ2) is 4.97. The Bertz CT molecular complexity index is 626. The number of halogens is 4. The minimum Gasteiger partial charge on any atom is -0.392 e. The van der Waals surface area contributed by atoms with Gasteiger partial charge in [0.15, 0.2) is 0 Å². The summed E-state index contributed by atoms with van der Waals surface area (Å²) in [6, 6.07) is 3.98. The van der Waals surface area contributed by atoms with Crippen molar-refractivity contribution >= 4 is 26.0 Å². The van der Waals surface area contributed by atoms with Gasteiger partial charge in [-0.1, -0.05) is 6.07 Å². The fraction of sp³-hybridized carbons (Fsp3) is 0.455. The highest BCUT2D eigenvalue weighted by molar-refractivity contribution is 9.10. The lowest BCUT2D eigenvalue weighted by molar-refractivity contribution is -0.160. The fourth-order valence-electron chi connectivity index (χ4n) is 1.73. The number of hydrogen-bond acceptors (Lipinski definition) is 3. The Balaban J connectivity index is 2.37. The van der Waals surface area contributed by atoms with Gasteiger partial charge in [-0.15, -0.1) is 0 Å². The van der Waals surface area contributed by atoms with E-state index in [-0.39, 0.29) is 22.2 Å². The molecule has 1 fully saturated rings. The van der Waals surface area contributed by atoms with Gasteiger partial charge < -0.3 is 5.11 Å². The molecular weight excluding hydrogens is 363 g/mol. The van der Waals surface area contributed by atoms with E-state index in [2.05, 4.69) is 15.9 Å². The molecule has 2 rings (SSSR count). The Morgan fingerprint density at radius 3 is 2.40 bits per heavy atom. The second-order valence-electron chi connectivity index (χ2n) is 4.61. The van der Waals surface area contributed by atoms with Crippen LogP contribution in [0.15, 0.2) is 27.6 Å². The first-order valence-electron chi connectivity index (χ1n) is 5.61. The number of alkyl halides is 3. The van der Waals surface area contributed by atoms with Crippen molar-refractivity contribution in [3.63, 3.8) is 0 Å². The van der Waals surface area contributed by atoms with Crippen LogP contribution in [0.25, 0.3) is 0 Å². The van der Waals surface area contributed by atoms with E-state index in [1.54, 1.807) is 4.72 Å². The molecule has 1 aromatic rings. The van der Waals surface area contributed by atoms with Crippen molar-refractivity contribution in [1.82, 2.24) is 4.72 Å². The van der Waals surface area contributed by atoms with Crippen molar-refractivity contribution in [2.24, 2.45) is 0 Å². The molecule has 1 aliphatic carbocycles. The normalized spacial score (nSPS) is 18.1. The Kier molecular flexibility index (Phi) is 3.91. The van der Waals surface area contributed by atoms with Crippen LogP contribution < -0.4 is 4.72 Å². The summed E-state index contributed by atoms with van der Waals surface area (Å²) in [5, 5.41) is 8.98. The third-order valence-corrected chi connectivity index (χ3v) is 5.62. The highest BCUT2D eigenvalue weighted by atomic mass is 79.9. The Morgan fingerprint density at radius 1 is 1.35 bits per heavy atom. The van der Waals surface area contributed by atoms with E-state index in [9.17, 15) is 21.6 Å². The molecule has 0 spiro atoms. The molecule has 0 aromatic heterocycles. The van der Waals surface area contributed by atoms with Gasteiger partial charge in [0.1, 0.15) is 5.54 Å². The SMILES string of the molecule is O=S(=O)(NC1(C(F)(F)F)CC1)c1cc(CO)ccc1Br. The predicted molar refractivity (Wildman–Crippen MR) is 68.4 cm³/mol. The molecule has 0 atom stereocenters. The Labute approximate surface area is 122 Å². The number of hydrogen-bond donors (Lipinski definition) is 2. The molecule has 2 N–H and O–H groups in total. The topological polar surface area (TPSA) is 66.4 Å². The van der Waals surface area contributed by atoms with Crippen molar-refractivity contribution in [3.8, 4) is 0 Å². The zero-order chi connectivity index (χ0) is 15.2. The zero-order valence-corrected chi connectivity index (χ0v) is 12.4. The minimum atomic E-state index is -4.62. The van der Waals surface area contributed by atoms with Crippen molar-refractivity contribution in [3.05, 3.63) is 28.2 Å². The van der Waals surface area contributed by atoms with Gasteiger partial charge in [0, 0.05) is 4.47 Å². The molecule has 0 aliphatic heterocycles. The predicted octanol–water partition coefficient (Wildman–Crippen LogP) is 2.31. The summed E-state index contributed by atoms with van der Waals surface area (Å²) in [4.78, 5) is -0.320. The highest BCUT2D eigenvalue weighted by Gasteiger charge is 2.65. The van der Waals surface area contributed by atoms with Gasteiger partial charge in [0.25, 0.3) is 0 Å². The van der Waals surface area contributed by atoms with Crippen LogP contribution in [0.5, 0.6) is 0 Å². The van der Waals surface area contributed by atoms with Crippen LogP contribution in [0.4, 0.5) is 13.2 Å². The van der Waals surface area contributed by atoms with Crippen molar-refractivity contribution in [2.45, 2.75) is 36.1 Å². The smallest absolute Gasteiger partial charge is 0.392 e. The zero-order valence-electron chi connectivity index (χ0n) is 10.0. The van der Waals surface area contributed by atoms with E-state index in [4.69, 9.17) is 5.11 Å². The van der Waals surface area contributed by atoms with E-state index in [0.29, 0.717) is 5.56 Å². The van der Waals surface area contributed by atoms with Gasteiger partial charge in [0.05, 0.1) is 11.5 Å². The summed E-state index contributed by atoms with van der Waals surface area (Å²) >= 11 is 2.99. The largest absolute Gasteiger partial charge is 0.407 e. The van der Waals surface area contributed by atoms with E-state index < -0.39 is 28.3 Å². The second-order valence-corrected chi connectivity index (χ2v) is 7.11. The van der Waals surface area contributed by atoms with Gasteiger partial charge in [-0.2, -0.15) is 17.9 Å². The third-order valence-electron chi connectivity index (χ3n) is 3.09. The van der Waals surface area contributed by atoms with Gasteiger partial charge in [-0.3, -0.25) is 0 Å². The highest BCUT2D eigenvalue weighted by Crippen LogP contribution is 2.49. The van der Waals surface area contributed by atoms with Crippen LogP contribution in [0, 0.1) is 0 Å². The average Bonchev–Trinajstić information content (AvgIpc) is 3.09. The summed E-state index contributed by atoms with van der Waals surface area (Å²) in [5.41, 5.74) is -2.06. The Morgan fingerprint density at radius 2 is 1.95 bits per heavy atom. The van der Waals surface area contributed by atoms with E-state index in [1.165, 1.54) is 12.1 Å². The van der Waals surface area contributed by atoms with Crippen LogP contribution in [0.3, 0.4) is 0 Å². The molecule has 9 heteroatoms. The molecule has 0 saturated heterocycles. The Hall–Kier alpha value is -0.640. The maximum absolute atomic E-state index is 12.8. The third kappa shape index (κ3) is 2.85. The lowest BCUT2D eigenvalue weighted by atomic mass is 10.2. The number of sulfonamides is 1. The first kappa shape index (κ1) is 15.7. The molecule has 1 aromatic carbocycles. The molecular formula is C11H11BrF3NO3S. The molecule has 0 bridgehead atoms. The van der Waals surface area contributed by atoms with Gasteiger partial charge in [-0.25, -0.2) is 8.42 Å². The van der Waals surface area contributed by atoms with Crippen molar-refractivity contribution in [1.29, 1.82) is 0 Å². The summed E-state index contributed by atoms with van der Waals surface area (Å²) in [7, 11) is -4.33. The van der Waals surface area contributed by atoms with Crippen LogP contribution in [-0.4, -0.2) is 25.2 Å². The number of aliphatic hydroxyl groups excluding tert-OH is 1. The molecule has 4 nitrogen and oxygen atoms in total. The number of benzene rings is 1. The maximum atomic E-state index is 12.8. The molecule has 0 heterocycles. The molecule has 1 saturated carbocycles. The van der Waals surface area contributed by atoms with Crippen LogP contribution in [0.1, 0.15) is 18.4 Å². The standard InChI is InChI=1S/C11H11BrF3NO3S/c12-8-2-1-7(6-17)5-9(8)20(18,19)16-10(3-4-10)11(13,14)15/h1-2,5,16-17H,3-4,6H2. The van der Waals surface area contributed by atoms with E-state index in [0.717, 1.165) is 6.07 Å². The minimum absolute atomic E-state index is 0.139. The summed E-state index contributed by atoms with van der Waals surface area (Å²) in [6.45, 7) is -0.403. The molecule has 0 radical (unpaired) electrons. The molecule has 20 heavy (non-hydrogen) atoms. The van der Waals surface area contributed by atoms with Crippen LogP contribution in [-0.2, 0) is 16.6 Å². The fourth-order valence-corrected chi connectivity index (χ4v) is 4.19. The quantitative estimate of drug-likeness (QED) is 0.850. The van der Waals surface area contributed by atoms with Gasteiger partial charge in [-0.05, 0) is 46.5 Å². The first-order valence-corrected chi connectivity index (χ1v) is 7.89. The lowest BCUT2D eigenvalue weighted by Crippen LogP contribution is -2.47. The van der Waals surface area contributed by atoms with Crippen molar-refractivity contribution in [2.75, 3.05) is 0 Å². The summed E-state index contributed by atoms with van der Waals surface area (Å²) < 4.78 is 64.5. The summed E-state index contributed by atoms with van der Waals surface area (Å²) in [5.74, 6) is 0. The number of rotatable bonds is 4. The lowest BCUT2D eigenvalue weighted by Gasteiger charge is -2.21. The van der Waals surface area contributed by atoms with Crippen molar-refractivity contribution < 1.29 is 26.7 Å². The van der Waals surface area contributed by atoms with Crippen LogP contribution >= 0.6 is 15.9 Å². The maximum Gasteiger partial charge on any atom is 0.407 e. The van der Waals surface area contributed by atoms with E-state index in [1.807, 2.05) is 0 Å². The molecule has 1 aliphatic rings. The number of aliphatic hydroxyl groups is 1. The molecule has 0 amide bonds. The van der Waals surface area contributed by atoms with Crippen LogP contribution in [0.2, 0.25) is 0 Å². The monoisotopic (exact) mass is 373 g/mol. The van der Waals surface area contributed by atoms with E-state index >= 15 is 0 Å².